The van der Waals surface area contributed by atoms with E-state index in [-0.39, 0.29) is 12.4 Å². The fourth-order valence-electron chi connectivity index (χ4n) is 3.04. The SMILES string of the molecule is Cc1cc(NC(=O)c2ccc(COc3cccc(Cl)c3Cl)o2)nn1Cc1ccc(Cl)c(Cl)c1. The summed E-state index contributed by atoms with van der Waals surface area (Å²) >= 11 is 24.2. The minimum atomic E-state index is -0.429. The number of nitrogens with one attached hydrogen (secondary N) is 1. The van der Waals surface area contributed by atoms with Crippen molar-refractivity contribution < 1.29 is 13.9 Å². The van der Waals surface area contributed by atoms with Crippen molar-refractivity contribution in [3.63, 3.8) is 0 Å². The Morgan fingerprint density at radius 1 is 1.03 bits per heavy atom. The van der Waals surface area contributed by atoms with Gasteiger partial charge in [-0.1, -0.05) is 58.5 Å². The normalized spacial score (nSPS) is 10.9. The molecule has 2 heterocycles. The van der Waals surface area contributed by atoms with Gasteiger partial charge in [0.1, 0.15) is 23.1 Å². The molecule has 0 spiro atoms. The summed E-state index contributed by atoms with van der Waals surface area (Å²) in [5.41, 5.74) is 1.80. The second kappa shape index (κ2) is 10.1. The third-order valence-corrected chi connectivity index (χ3v) is 6.25. The van der Waals surface area contributed by atoms with Gasteiger partial charge in [-0.05, 0) is 48.9 Å². The van der Waals surface area contributed by atoms with E-state index in [2.05, 4.69) is 10.4 Å². The molecule has 10 heteroatoms. The molecule has 0 radical (unpaired) electrons. The van der Waals surface area contributed by atoms with Crippen LogP contribution in [0, 0.1) is 6.92 Å². The van der Waals surface area contributed by atoms with Crippen LogP contribution in [0.5, 0.6) is 5.75 Å². The number of nitrogens with zero attached hydrogens (tertiary/aromatic N) is 2. The summed E-state index contributed by atoms with van der Waals surface area (Å²) in [7, 11) is 0. The van der Waals surface area contributed by atoms with Crippen LogP contribution in [0.15, 0.2) is 59.0 Å². The standard InChI is InChI=1S/C23H17Cl4N3O3/c1-13-9-21(29-30(13)11-14-5-7-16(24)18(26)10-14)28-23(31)20-8-6-15(33-20)12-32-19-4-2-3-17(25)22(19)27/h2-10H,11-12H2,1H3,(H,28,29,31). The zero-order valence-corrected chi connectivity index (χ0v) is 20.3. The number of aromatic nitrogens is 2. The summed E-state index contributed by atoms with van der Waals surface area (Å²) in [6.07, 6.45) is 0. The van der Waals surface area contributed by atoms with Crippen molar-refractivity contribution in [3.05, 3.63) is 97.5 Å². The lowest BCUT2D eigenvalue weighted by Gasteiger charge is -2.07. The Balaban J connectivity index is 1.38. The van der Waals surface area contributed by atoms with E-state index in [0.717, 1.165) is 11.3 Å². The Bertz CT molecular complexity index is 1320. The molecule has 4 aromatic rings. The van der Waals surface area contributed by atoms with Gasteiger partial charge in [0.05, 0.1) is 21.6 Å². The van der Waals surface area contributed by atoms with Gasteiger partial charge in [0, 0.05) is 11.8 Å². The molecule has 2 aromatic carbocycles. The number of carbonyl (C=O) groups excluding carboxylic acids is 1. The van der Waals surface area contributed by atoms with Crippen molar-refractivity contribution in [1.82, 2.24) is 9.78 Å². The summed E-state index contributed by atoms with van der Waals surface area (Å²) in [6, 6.07) is 15.5. The molecular formula is C23H17Cl4N3O3. The smallest absolute Gasteiger partial charge is 0.292 e. The van der Waals surface area contributed by atoms with Crippen LogP contribution in [0.1, 0.15) is 27.6 Å². The maximum Gasteiger partial charge on any atom is 0.292 e. The second-order valence-electron chi connectivity index (χ2n) is 7.14. The lowest BCUT2D eigenvalue weighted by molar-refractivity contribution is 0.0992. The van der Waals surface area contributed by atoms with E-state index in [4.69, 9.17) is 55.6 Å². The van der Waals surface area contributed by atoms with E-state index in [1.165, 1.54) is 0 Å². The van der Waals surface area contributed by atoms with Crippen molar-refractivity contribution in [2.24, 2.45) is 0 Å². The van der Waals surface area contributed by atoms with Crippen LogP contribution in [-0.2, 0) is 13.2 Å². The molecule has 0 bridgehead atoms. The number of ether oxygens (including phenoxy) is 1. The third-order valence-electron chi connectivity index (χ3n) is 4.71. The second-order valence-corrected chi connectivity index (χ2v) is 8.74. The van der Waals surface area contributed by atoms with E-state index in [1.807, 2.05) is 13.0 Å². The lowest BCUT2D eigenvalue weighted by atomic mass is 10.2. The van der Waals surface area contributed by atoms with Gasteiger partial charge in [0.2, 0.25) is 0 Å². The van der Waals surface area contributed by atoms with Crippen LogP contribution < -0.4 is 10.1 Å². The average molecular weight is 525 g/mol. The number of hydrogen-bond acceptors (Lipinski definition) is 4. The number of aryl methyl sites for hydroxylation is 1. The highest BCUT2D eigenvalue weighted by Gasteiger charge is 2.15. The van der Waals surface area contributed by atoms with Crippen LogP contribution in [0.4, 0.5) is 5.82 Å². The van der Waals surface area contributed by atoms with Gasteiger partial charge in [-0.25, -0.2) is 0 Å². The van der Waals surface area contributed by atoms with Gasteiger partial charge in [-0.2, -0.15) is 5.10 Å². The maximum atomic E-state index is 12.6. The van der Waals surface area contributed by atoms with Gasteiger partial charge < -0.3 is 14.5 Å². The molecule has 0 atom stereocenters. The Kier molecular flexibility index (Phi) is 7.20. The molecular weight excluding hydrogens is 508 g/mol. The highest BCUT2D eigenvalue weighted by molar-refractivity contribution is 6.43. The van der Waals surface area contributed by atoms with Crippen molar-refractivity contribution in [3.8, 4) is 5.75 Å². The van der Waals surface area contributed by atoms with Crippen molar-refractivity contribution in [2.75, 3.05) is 5.32 Å². The predicted octanol–water partition coefficient (Wildman–Crippen LogP) is 7.28. The van der Waals surface area contributed by atoms with E-state index in [9.17, 15) is 4.79 Å². The third kappa shape index (κ3) is 5.65. The fourth-order valence-corrected chi connectivity index (χ4v) is 3.71. The van der Waals surface area contributed by atoms with Crippen molar-refractivity contribution in [1.29, 1.82) is 0 Å². The number of anilines is 1. The molecule has 0 saturated carbocycles. The number of halogens is 4. The molecule has 1 amide bonds. The first-order chi connectivity index (χ1) is 15.8. The van der Waals surface area contributed by atoms with Crippen LogP contribution in [0.2, 0.25) is 20.1 Å². The quantitative estimate of drug-likeness (QED) is 0.276. The molecule has 6 nitrogen and oxygen atoms in total. The molecule has 0 unspecified atom stereocenters. The first-order valence-corrected chi connectivity index (χ1v) is 11.3. The van der Waals surface area contributed by atoms with E-state index >= 15 is 0 Å². The number of benzene rings is 2. The van der Waals surface area contributed by atoms with E-state index < -0.39 is 5.91 Å². The van der Waals surface area contributed by atoms with Crippen molar-refractivity contribution in [2.45, 2.75) is 20.1 Å². The number of carbonyl (C=O) groups is 1. The summed E-state index contributed by atoms with van der Waals surface area (Å²) in [6.45, 7) is 2.46. The Morgan fingerprint density at radius 3 is 2.64 bits per heavy atom. The van der Waals surface area contributed by atoms with E-state index in [0.29, 0.717) is 44.0 Å². The zero-order chi connectivity index (χ0) is 23.5. The summed E-state index contributed by atoms with van der Waals surface area (Å²) in [5.74, 6) is 0.980. The minimum Gasteiger partial charge on any atom is -0.484 e. The Morgan fingerprint density at radius 2 is 1.85 bits per heavy atom. The molecule has 4 rings (SSSR count). The number of amides is 1. The van der Waals surface area contributed by atoms with Gasteiger partial charge in [0.15, 0.2) is 11.6 Å². The fraction of sp³-hybridized carbons (Fsp3) is 0.130. The Labute approximate surface area is 210 Å². The van der Waals surface area contributed by atoms with Crippen molar-refractivity contribution >= 4 is 58.1 Å². The lowest BCUT2D eigenvalue weighted by Crippen LogP contribution is -2.12. The monoisotopic (exact) mass is 523 g/mol. The van der Waals surface area contributed by atoms with Crippen LogP contribution in [0.25, 0.3) is 0 Å². The number of rotatable bonds is 7. The van der Waals surface area contributed by atoms with Gasteiger partial charge in [0.25, 0.3) is 5.91 Å². The molecule has 0 saturated heterocycles. The van der Waals surface area contributed by atoms with Crippen LogP contribution in [0.3, 0.4) is 0 Å². The van der Waals surface area contributed by atoms with Gasteiger partial charge >= 0.3 is 0 Å². The molecule has 170 valence electrons. The number of hydrogen-bond donors (Lipinski definition) is 1. The number of furan rings is 1. The Hall–Kier alpha value is -2.64. The minimum absolute atomic E-state index is 0.0880. The summed E-state index contributed by atoms with van der Waals surface area (Å²) in [4.78, 5) is 12.6. The largest absolute Gasteiger partial charge is 0.484 e. The summed E-state index contributed by atoms with van der Waals surface area (Å²) in [5, 5.41) is 8.85. The van der Waals surface area contributed by atoms with E-state index in [1.54, 1.807) is 53.2 Å². The molecule has 0 aliphatic rings. The average Bonchev–Trinajstić information content (AvgIpc) is 3.38. The first-order valence-electron chi connectivity index (χ1n) is 9.75. The molecule has 33 heavy (non-hydrogen) atoms. The predicted molar refractivity (Wildman–Crippen MR) is 130 cm³/mol. The molecule has 2 aromatic heterocycles. The highest BCUT2D eigenvalue weighted by atomic mass is 35.5. The maximum absolute atomic E-state index is 12.6. The van der Waals surface area contributed by atoms with Gasteiger partial charge in [-0.3, -0.25) is 9.48 Å². The van der Waals surface area contributed by atoms with Crippen LogP contribution >= 0.6 is 46.4 Å². The molecule has 0 fully saturated rings. The summed E-state index contributed by atoms with van der Waals surface area (Å²) < 4.78 is 13.0. The van der Waals surface area contributed by atoms with Gasteiger partial charge in [-0.15, -0.1) is 0 Å². The molecule has 0 aliphatic heterocycles. The molecule has 0 aliphatic carbocycles. The van der Waals surface area contributed by atoms with Crippen LogP contribution in [-0.4, -0.2) is 15.7 Å². The first kappa shape index (κ1) is 23.5. The molecule has 1 N–H and O–H groups in total. The topological polar surface area (TPSA) is 69.3 Å². The zero-order valence-electron chi connectivity index (χ0n) is 17.2. The highest BCUT2D eigenvalue weighted by Crippen LogP contribution is 2.32.